The number of rotatable bonds is 5. The van der Waals surface area contributed by atoms with Crippen molar-refractivity contribution in [3.05, 3.63) is 45.9 Å². The van der Waals surface area contributed by atoms with Crippen LogP contribution in [0.4, 0.5) is 5.69 Å². The van der Waals surface area contributed by atoms with Gasteiger partial charge in [-0.2, -0.15) is 10.1 Å². The topological polar surface area (TPSA) is 108 Å². The monoisotopic (exact) mass is 410 g/mol. The Morgan fingerprint density at radius 3 is 2.87 bits per heavy atom. The van der Waals surface area contributed by atoms with Gasteiger partial charge in [-0.25, -0.2) is 9.48 Å². The average Bonchev–Trinajstić information content (AvgIpc) is 3.22. The van der Waals surface area contributed by atoms with E-state index in [2.05, 4.69) is 20.6 Å². The van der Waals surface area contributed by atoms with Gasteiger partial charge in [0.25, 0.3) is 5.89 Å². The Kier molecular flexibility index (Phi) is 5.52. The van der Waals surface area contributed by atoms with Gasteiger partial charge >= 0.3 is 5.69 Å². The number of aryl methyl sites for hydroxylation is 2. The molecule has 0 bridgehead atoms. The second-order valence-electron chi connectivity index (χ2n) is 7.98. The molecule has 0 spiro atoms. The predicted molar refractivity (Wildman–Crippen MR) is 111 cm³/mol. The molecule has 1 N–H and O–H groups in total. The smallest absolute Gasteiger partial charge is 0.334 e. The number of hydrogen-bond donors (Lipinski definition) is 1. The maximum absolute atomic E-state index is 12.8. The Bertz CT molecular complexity index is 1120. The summed E-state index contributed by atoms with van der Waals surface area (Å²) in [7, 11) is 0. The van der Waals surface area contributed by atoms with Gasteiger partial charge < -0.3 is 9.84 Å². The Balaban J connectivity index is 1.57. The third-order valence-corrected chi connectivity index (χ3v) is 5.30. The lowest BCUT2D eigenvalue weighted by Crippen LogP contribution is -2.30. The van der Waals surface area contributed by atoms with Crippen LogP contribution in [0.2, 0.25) is 0 Å². The van der Waals surface area contributed by atoms with Crippen molar-refractivity contribution >= 4 is 11.6 Å². The minimum atomic E-state index is -0.329. The lowest BCUT2D eigenvalue weighted by molar-refractivity contribution is -0.117. The van der Waals surface area contributed by atoms with E-state index in [0.717, 1.165) is 37.1 Å². The fourth-order valence-electron chi connectivity index (χ4n) is 3.63. The second-order valence-corrected chi connectivity index (χ2v) is 7.98. The fourth-order valence-corrected chi connectivity index (χ4v) is 3.63. The quantitative estimate of drug-likeness (QED) is 0.693. The van der Waals surface area contributed by atoms with Crippen molar-refractivity contribution in [3.63, 3.8) is 0 Å². The van der Waals surface area contributed by atoms with Crippen LogP contribution in [-0.2, 0) is 24.3 Å². The summed E-state index contributed by atoms with van der Waals surface area (Å²) < 4.78 is 8.34. The van der Waals surface area contributed by atoms with E-state index in [-0.39, 0.29) is 24.1 Å². The molecule has 2 aromatic heterocycles. The van der Waals surface area contributed by atoms with Crippen LogP contribution in [0.25, 0.3) is 11.5 Å². The third-order valence-electron chi connectivity index (χ3n) is 5.30. The number of para-hydroxylation sites is 1. The van der Waals surface area contributed by atoms with Crippen molar-refractivity contribution in [2.45, 2.75) is 65.5 Å². The molecular formula is C21H26N6O3. The van der Waals surface area contributed by atoms with Crippen LogP contribution in [0.5, 0.6) is 0 Å². The number of aromatic nitrogens is 5. The standard InChI is InChI=1S/C21H26N6O3/c1-13(2)19-23-20(30-25-19)15-9-7-8-14(3)18(15)22-17(28)12-27-21(29)26-11-6-4-5-10-16(26)24-27/h7-9,13H,4-6,10-12H2,1-3H3,(H,22,28). The first-order valence-corrected chi connectivity index (χ1v) is 10.3. The van der Waals surface area contributed by atoms with E-state index in [1.807, 2.05) is 39.0 Å². The summed E-state index contributed by atoms with van der Waals surface area (Å²) in [6.07, 6.45) is 3.83. The summed E-state index contributed by atoms with van der Waals surface area (Å²) in [5.74, 6) is 1.52. The van der Waals surface area contributed by atoms with E-state index in [1.165, 1.54) is 4.68 Å². The van der Waals surface area contributed by atoms with Crippen LogP contribution in [-0.4, -0.2) is 30.4 Å². The third kappa shape index (κ3) is 3.92. The number of carbonyl (C=O) groups excluding carboxylic acids is 1. The maximum Gasteiger partial charge on any atom is 0.346 e. The molecule has 1 aliphatic rings. The molecule has 1 aliphatic heterocycles. The maximum atomic E-state index is 12.8. The van der Waals surface area contributed by atoms with E-state index in [4.69, 9.17) is 4.52 Å². The second kappa shape index (κ2) is 8.25. The molecule has 1 aromatic carbocycles. The number of nitrogens with one attached hydrogen (secondary N) is 1. The number of amides is 1. The van der Waals surface area contributed by atoms with E-state index >= 15 is 0 Å². The fraction of sp³-hybridized carbons (Fsp3) is 0.476. The lowest BCUT2D eigenvalue weighted by Gasteiger charge is -2.11. The van der Waals surface area contributed by atoms with Gasteiger partial charge in [-0.3, -0.25) is 9.36 Å². The number of carbonyl (C=O) groups is 1. The molecule has 0 unspecified atom stereocenters. The van der Waals surface area contributed by atoms with Crippen molar-refractivity contribution in [3.8, 4) is 11.5 Å². The molecule has 3 aromatic rings. The molecule has 0 saturated carbocycles. The molecular weight excluding hydrogens is 384 g/mol. The van der Waals surface area contributed by atoms with Gasteiger partial charge in [0.1, 0.15) is 12.4 Å². The van der Waals surface area contributed by atoms with Crippen molar-refractivity contribution in [1.29, 1.82) is 0 Å². The van der Waals surface area contributed by atoms with Crippen molar-refractivity contribution in [2.75, 3.05) is 5.32 Å². The van der Waals surface area contributed by atoms with Gasteiger partial charge in [0.15, 0.2) is 5.82 Å². The number of anilines is 1. The average molecular weight is 410 g/mol. The van der Waals surface area contributed by atoms with Gasteiger partial charge in [-0.05, 0) is 31.4 Å². The largest absolute Gasteiger partial charge is 0.346 e. The molecule has 158 valence electrons. The Morgan fingerprint density at radius 1 is 1.27 bits per heavy atom. The molecule has 1 amide bonds. The molecule has 0 saturated heterocycles. The van der Waals surface area contributed by atoms with Crippen LogP contribution in [0, 0.1) is 6.92 Å². The summed E-state index contributed by atoms with van der Waals surface area (Å²) in [6.45, 7) is 6.38. The highest BCUT2D eigenvalue weighted by atomic mass is 16.5. The Morgan fingerprint density at radius 2 is 2.10 bits per heavy atom. The highest BCUT2D eigenvalue weighted by molar-refractivity contribution is 5.95. The highest BCUT2D eigenvalue weighted by Gasteiger charge is 2.20. The minimum Gasteiger partial charge on any atom is -0.334 e. The van der Waals surface area contributed by atoms with E-state index in [0.29, 0.717) is 29.5 Å². The minimum absolute atomic E-state index is 0.133. The summed E-state index contributed by atoms with van der Waals surface area (Å²) in [5, 5.41) is 11.3. The molecule has 9 nitrogen and oxygen atoms in total. The summed E-state index contributed by atoms with van der Waals surface area (Å²) in [6, 6.07) is 5.59. The van der Waals surface area contributed by atoms with E-state index in [1.54, 1.807) is 4.57 Å². The van der Waals surface area contributed by atoms with Gasteiger partial charge in [0, 0.05) is 18.9 Å². The number of hydrogen-bond acceptors (Lipinski definition) is 6. The zero-order valence-corrected chi connectivity index (χ0v) is 17.5. The van der Waals surface area contributed by atoms with E-state index in [9.17, 15) is 9.59 Å². The molecule has 0 fully saturated rings. The molecule has 3 heterocycles. The predicted octanol–water partition coefficient (Wildman–Crippen LogP) is 2.89. The summed E-state index contributed by atoms with van der Waals surface area (Å²) >= 11 is 0. The van der Waals surface area contributed by atoms with E-state index < -0.39 is 0 Å². The van der Waals surface area contributed by atoms with Crippen LogP contribution in [0.15, 0.2) is 27.5 Å². The normalized spacial score (nSPS) is 13.9. The zero-order valence-electron chi connectivity index (χ0n) is 17.5. The molecule has 9 heteroatoms. The summed E-state index contributed by atoms with van der Waals surface area (Å²) in [5.41, 5.74) is 1.87. The molecule has 0 aliphatic carbocycles. The van der Waals surface area contributed by atoms with Crippen LogP contribution in [0.3, 0.4) is 0 Å². The first-order valence-electron chi connectivity index (χ1n) is 10.3. The highest BCUT2D eigenvalue weighted by Crippen LogP contribution is 2.30. The Labute approximate surface area is 174 Å². The lowest BCUT2D eigenvalue weighted by atomic mass is 10.1. The zero-order chi connectivity index (χ0) is 21.3. The van der Waals surface area contributed by atoms with Gasteiger partial charge in [-0.15, -0.1) is 0 Å². The molecule has 4 rings (SSSR count). The van der Waals surface area contributed by atoms with Gasteiger partial charge in [0.05, 0.1) is 11.3 Å². The molecule has 0 atom stereocenters. The van der Waals surface area contributed by atoms with Crippen LogP contribution in [0.1, 0.15) is 56.2 Å². The number of benzene rings is 1. The van der Waals surface area contributed by atoms with Crippen molar-refractivity contribution < 1.29 is 9.32 Å². The van der Waals surface area contributed by atoms with Crippen LogP contribution >= 0.6 is 0 Å². The number of nitrogens with zero attached hydrogens (tertiary/aromatic N) is 5. The molecule has 30 heavy (non-hydrogen) atoms. The van der Waals surface area contributed by atoms with Crippen molar-refractivity contribution in [1.82, 2.24) is 24.5 Å². The Hall–Kier alpha value is -3.23. The first-order chi connectivity index (χ1) is 14.4. The van der Waals surface area contributed by atoms with Gasteiger partial charge in [0.2, 0.25) is 5.91 Å². The molecule has 0 radical (unpaired) electrons. The van der Waals surface area contributed by atoms with Gasteiger partial charge in [-0.1, -0.05) is 37.6 Å². The first kappa shape index (κ1) is 20.1. The van der Waals surface area contributed by atoms with Crippen LogP contribution < -0.4 is 11.0 Å². The summed E-state index contributed by atoms with van der Waals surface area (Å²) in [4.78, 5) is 29.8. The van der Waals surface area contributed by atoms with Crippen molar-refractivity contribution in [2.24, 2.45) is 0 Å². The number of fused-ring (bicyclic) bond motifs is 1. The SMILES string of the molecule is Cc1cccc(-c2nc(C(C)C)no2)c1NC(=O)Cn1nc2n(c1=O)CCCCC2.